The van der Waals surface area contributed by atoms with Crippen LogP contribution in [0.25, 0.3) is 0 Å². The van der Waals surface area contributed by atoms with Crippen molar-refractivity contribution in [2.75, 3.05) is 26.4 Å². The SMILES string of the molecule is C=C(C)C(=O)OCCO.C=CC(=O)O.C=CC(=O)OCC(CC)CCCC.C=CC(=O)OCCCC.C=COC(C)=O. The molecule has 0 rings (SSSR count). The number of esters is 4. The fourth-order valence-electron chi connectivity index (χ4n) is 1.91. The van der Waals surface area contributed by atoms with Crippen LogP contribution in [-0.2, 0) is 42.9 Å². The molecule has 0 heterocycles. The maximum Gasteiger partial charge on any atom is 0.333 e. The first-order chi connectivity index (χ1) is 19.8. The van der Waals surface area contributed by atoms with E-state index in [-0.39, 0.29) is 31.1 Å². The van der Waals surface area contributed by atoms with E-state index in [1.54, 1.807) is 6.92 Å². The first kappa shape index (κ1) is 47.8. The number of carbonyl (C=O) groups excluding carboxylic acids is 4. The van der Waals surface area contributed by atoms with Crippen LogP contribution in [0.5, 0.6) is 0 Å². The van der Waals surface area contributed by atoms with Gasteiger partial charge in [-0.05, 0) is 25.7 Å². The van der Waals surface area contributed by atoms with Crippen LogP contribution in [0.4, 0.5) is 0 Å². The summed E-state index contributed by atoms with van der Waals surface area (Å²) in [5.74, 6) is -1.89. The molecular formula is C31H52O11. The highest BCUT2D eigenvalue weighted by Gasteiger charge is 2.07. The summed E-state index contributed by atoms with van der Waals surface area (Å²) in [6.07, 6.45) is 10.9. The maximum absolute atomic E-state index is 10.8. The number of aliphatic hydroxyl groups is 1. The third-order valence-electron chi connectivity index (χ3n) is 4.18. The van der Waals surface area contributed by atoms with E-state index in [4.69, 9.17) is 14.9 Å². The van der Waals surface area contributed by atoms with Crippen LogP contribution in [0, 0.1) is 5.92 Å². The zero-order valence-electron chi connectivity index (χ0n) is 26.1. The summed E-state index contributed by atoms with van der Waals surface area (Å²) in [5.41, 5.74) is 0.350. The minimum atomic E-state index is -0.981. The Morgan fingerprint density at radius 3 is 1.60 bits per heavy atom. The molecule has 0 radical (unpaired) electrons. The highest BCUT2D eigenvalue weighted by Crippen LogP contribution is 2.12. The molecule has 0 fully saturated rings. The molecule has 242 valence electrons. The third-order valence-corrected chi connectivity index (χ3v) is 4.18. The van der Waals surface area contributed by atoms with Crippen molar-refractivity contribution in [3.63, 3.8) is 0 Å². The molecule has 0 saturated heterocycles. The summed E-state index contributed by atoms with van der Waals surface area (Å²) in [7, 11) is 0. The van der Waals surface area contributed by atoms with Crippen molar-refractivity contribution in [2.24, 2.45) is 5.92 Å². The fraction of sp³-hybridized carbons (Fsp3) is 0.516. The lowest BCUT2D eigenvalue weighted by atomic mass is 10.0. The topological polar surface area (TPSA) is 163 Å². The lowest BCUT2D eigenvalue weighted by Crippen LogP contribution is -2.12. The second kappa shape index (κ2) is 39.2. The number of aliphatic hydroxyl groups excluding tert-OH is 1. The molecule has 1 atom stereocenters. The van der Waals surface area contributed by atoms with E-state index in [9.17, 15) is 24.0 Å². The van der Waals surface area contributed by atoms with E-state index in [2.05, 4.69) is 61.0 Å². The number of aliphatic carboxylic acids is 1. The molecule has 0 amide bonds. The van der Waals surface area contributed by atoms with E-state index in [0.717, 1.165) is 38.0 Å². The Kier molecular flexibility index (Phi) is 44.5. The lowest BCUT2D eigenvalue weighted by Gasteiger charge is -2.13. The Morgan fingerprint density at radius 2 is 1.29 bits per heavy atom. The van der Waals surface area contributed by atoms with Crippen LogP contribution in [0.2, 0.25) is 0 Å². The van der Waals surface area contributed by atoms with Crippen molar-refractivity contribution in [3.8, 4) is 0 Å². The van der Waals surface area contributed by atoms with Crippen molar-refractivity contribution in [1.82, 2.24) is 0 Å². The Bertz CT molecular complexity index is 784. The predicted octanol–water partition coefficient (Wildman–Crippen LogP) is 5.50. The van der Waals surface area contributed by atoms with Crippen LogP contribution >= 0.6 is 0 Å². The maximum atomic E-state index is 10.8. The van der Waals surface area contributed by atoms with Crippen molar-refractivity contribution in [3.05, 3.63) is 63.0 Å². The fourth-order valence-corrected chi connectivity index (χ4v) is 1.91. The minimum Gasteiger partial charge on any atom is -0.478 e. The van der Waals surface area contributed by atoms with Gasteiger partial charge < -0.3 is 29.2 Å². The molecule has 1 unspecified atom stereocenters. The Balaban J connectivity index is -0.000000141. The second-order valence-electron chi connectivity index (χ2n) is 7.93. The van der Waals surface area contributed by atoms with E-state index in [0.29, 0.717) is 24.7 Å². The summed E-state index contributed by atoms with van der Waals surface area (Å²) in [6.45, 7) is 26.3. The van der Waals surface area contributed by atoms with E-state index in [1.807, 2.05) is 6.92 Å². The highest BCUT2D eigenvalue weighted by molar-refractivity contribution is 5.86. The first-order valence-corrected chi connectivity index (χ1v) is 13.4. The van der Waals surface area contributed by atoms with Crippen LogP contribution in [0.3, 0.4) is 0 Å². The van der Waals surface area contributed by atoms with Crippen LogP contribution in [0.1, 0.15) is 73.1 Å². The molecule has 11 heteroatoms. The van der Waals surface area contributed by atoms with Gasteiger partial charge in [0.1, 0.15) is 6.61 Å². The Hall–Kier alpha value is -3.99. The number of rotatable bonds is 16. The molecule has 0 saturated carbocycles. The number of ether oxygens (including phenoxy) is 4. The van der Waals surface area contributed by atoms with Crippen molar-refractivity contribution in [1.29, 1.82) is 0 Å². The molecule has 2 N–H and O–H groups in total. The van der Waals surface area contributed by atoms with Crippen LogP contribution in [0.15, 0.2) is 63.0 Å². The number of carbonyl (C=O) groups is 5. The summed E-state index contributed by atoms with van der Waals surface area (Å²) >= 11 is 0. The molecular weight excluding hydrogens is 548 g/mol. The van der Waals surface area contributed by atoms with Gasteiger partial charge in [0.25, 0.3) is 0 Å². The van der Waals surface area contributed by atoms with Gasteiger partial charge in [-0.2, -0.15) is 0 Å². The molecule has 0 spiro atoms. The van der Waals surface area contributed by atoms with Gasteiger partial charge in [-0.1, -0.05) is 79.3 Å². The highest BCUT2D eigenvalue weighted by atomic mass is 16.5. The molecule has 42 heavy (non-hydrogen) atoms. The number of hydrogen-bond donors (Lipinski definition) is 2. The standard InChI is InChI=1S/C11H20O2.C7H12O2.C6H10O3.C4H6O2.C3H4O2/c1-4-7-8-10(5-2)9-13-11(12)6-3;1-3-5-6-9-7(8)4-2;1-5(2)6(8)9-4-3-7;1-3-6-4(2)5;1-2-3(4)5/h6,10H,3-5,7-9H2,1-2H3;4H,2-3,5-6H2,1H3;7H,1,3-4H2,2H3;3H,1H2,2H3;2H,1H2,(H,4,5). The van der Waals surface area contributed by atoms with E-state index in [1.165, 1.54) is 31.9 Å². The van der Waals surface area contributed by atoms with Gasteiger partial charge in [-0.25, -0.2) is 19.2 Å². The van der Waals surface area contributed by atoms with Gasteiger partial charge in [0.15, 0.2) is 0 Å². The molecule has 0 aromatic carbocycles. The number of carboxylic acids is 1. The molecule has 0 bridgehead atoms. The van der Waals surface area contributed by atoms with Gasteiger partial charge >= 0.3 is 29.8 Å². The molecule has 0 aromatic heterocycles. The van der Waals surface area contributed by atoms with Crippen LogP contribution < -0.4 is 0 Å². The summed E-state index contributed by atoms with van der Waals surface area (Å²) in [5, 5.41) is 15.8. The van der Waals surface area contributed by atoms with Crippen molar-refractivity contribution in [2.45, 2.75) is 73.1 Å². The van der Waals surface area contributed by atoms with Crippen molar-refractivity contribution < 1.29 is 53.1 Å². The summed E-state index contributed by atoms with van der Waals surface area (Å²) in [4.78, 5) is 50.6. The molecule has 0 aliphatic carbocycles. The van der Waals surface area contributed by atoms with E-state index < -0.39 is 11.9 Å². The largest absolute Gasteiger partial charge is 0.478 e. The molecule has 0 aliphatic heterocycles. The predicted molar refractivity (Wildman–Crippen MR) is 163 cm³/mol. The summed E-state index contributed by atoms with van der Waals surface area (Å²) in [6, 6.07) is 0. The third kappa shape index (κ3) is 52.4. The number of hydrogen-bond acceptors (Lipinski definition) is 10. The molecule has 0 aliphatic rings. The zero-order valence-corrected chi connectivity index (χ0v) is 26.1. The average Bonchev–Trinajstić information content (AvgIpc) is 2.96. The average molecular weight is 601 g/mol. The number of unbranched alkanes of at least 4 members (excludes halogenated alkanes) is 2. The van der Waals surface area contributed by atoms with Gasteiger partial charge in [0.2, 0.25) is 0 Å². The molecule has 11 nitrogen and oxygen atoms in total. The Labute approximate surface area is 251 Å². The lowest BCUT2D eigenvalue weighted by molar-refractivity contribution is -0.140. The van der Waals surface area contributed by atoms with E-state index >= 15 is 0 Å². The number of carboxylic acid groups (broad SMARTS) is 1. The Morgan fingerprint density at radius 1 is 0.786 bits per heavy atom. The second-order valence-corrected chi connectivity index (χ2v) is 7.93. The zero-order chi connectivity index (χ0) is 33.8. The first-order valence-electron chi connectivity index (χ1n) is 13.4. The normalized spacial score (nSPS) is 9.19. The summed E-state index contributed by atoms with van der Waals surface area (Å²) < 4.78 is 18.3. The van der Waals surface area contributed by atoms with Gasteiger partial charge in [-0.3, -0.25) is 4.79 Å². The van der Waals surface area contributed by atoms with Gasteiger partial charge in [0, 0.05) is 30.7 Å². The minimum absolute atomic E-state index is 0.0473. The monoisotopic (exact) mass is 600 g/mol. The van der Waals surface area contributed by atoms with Gasteiger partial charge in [-0.15, -0.1) is 0 Å². The molecule has 0 aromatic rings. The smallest absolute Gasteiger partial charge is 0.333 e. The van der Waals surface area contributed by atoms with Crippen molar-refractivity contribution >= 4 is 29.8 Å². The van der Waals surface area contributed by atoms with Gasteiger partial charge in [0.05, 0.1) is 26.1 Å². The quantitative estimate of drug-likeness (QED) is 0.0756. The van der Waals surface area contributed by atoms with Crippen LogP contribution in [-0.4, -0.2) is 66.5 Å².